The van der Waals surface area contributed by atoms with E-state index >= 15 is 0 Å². The molecule has 2 amide bonds. The van der Waals surface area contributed by atoms with E-state index < -0.39 is 0 Å². The molecule has 0 atom stereocenters. The fourth-order valence-electron chi connectivity index (χ4n) is 3.91. The third kappa shape index (κ3) is 6.32. The van der Waals surface area contributed by atoms with Gasteiger partial charge in [0, 0.05) is 43.2 Å². The van der Waals surface area contributed by atoms with E-state index in [0.717, 1.165) is 19.6 Å². The maximum absolute atomic E-state index is 13.1. The number of piperazine rings is 1. The molecule has 2 aromatic carbocycles. The minimum absolute atomic E-state index is 0.0421. The van der Waals surface area contributed by atoms with E-state index in [4.69, 9.17) is 14.2 Å². The van der Waals surface area contributed by atoms with Crippen molar-refractivity contribution in [1.82, 2.24) is 9.80 Å². The van der Waals surface area contributed by atoms with Crippen molar-refractivity contribution in [3.8, 4) is 17.2 Å². The van der Waals surface area contributed by atoms with E-state index in [9.17, 15) is 9.59 Å². The highest BCUT2D eigenvalue weighted by Crippen LogP contribution is 2.29. The van der Waals surface area contributed by atoms with Gasteiger partial charge in [-0.2, -0.15) is 0 Å². The van der Waals surface area contributed by atoms with Crippen LogP contribution in [0.1, 0.15) is 15.2 Å². The van der Waals surface area contributed by atoms with E-state index in [1.165, 1.54) is 12.0 Å². The van der Waals surface area contributed by atoms with E-state index in [2.05, 4.69) is 27.7 Å². The third-order valence-electron chi connectivity index (χ3n) is 5.77. The predicted molar refractivity (Wildman–Crippen MR) is 136 cm³/mol. The van der Waals surface area contributed by atoms with Gasteiger partial charge < -0.3 is 24.4 Å². The number of para-hydroxylation sites is 2. The topological polar surface area (TPSA) is 80.3 Å². The lowest BCUT2D eigenvalue weighted by Gasteiger charge is -2.34. The number of rotatable bonds is 9. The molecule has 35 heavy (non-hydrogen) atoms. The van der Waals surface area contributed by atoms with Crippen LogP contribution in [-0.2, 0) is 11.3 Å². The zero-order chi connectivity index (χ0) is 24.6. The molecule has 1 N–H and O–H groups in total. The molecule has 184 valence electrons. The lowest BCUT2D eigenvalue weighted by molar-refractivity contribution is -0.118. The normalized spacial score (nSPS) is 13.8. The molecule has 1 aliphatic heterocycles. The number of anilines is 1. The van der Waals surface area contributed by atoms with Crippen LogP contribution in [-0.4, -0.2) is 68.6 Å². The standard InChI is InChI=1S/C26H29N3O5S/c1-32-22-8-4-3-7-21(22)27-25(30)18-34-23-10-9-19(16-24(23)33-2)26(31)29-13-11-28(12-14-29)17-20-6-5-15-35-20/h3-10,15-16H,11-14,17-18H2,1-2H3,(H,27,30). The number of nitrogens with zero attached hydrogens (tertiary/aromatic N) is 2. The molecule has 0 radical (unpaired) electrons. The molecule has 0 spiro atoms. The molecule has 3 aromatic rings. The number of nitrogens with one attached hydrogen (secondary N) is 1. The summed E-state index contributed by atoms with van der Waals surface area (Å²) in [6.45, 7) is 3.73. The summed E-state index contributed by atoms with van der Waals surface area (Å²) < 4.78 is 16.3. The molecule has 1 aromatic heterocycles. The summed E-state index contributed by atoms with van der Waals surface area (Å²) in [7, 11) is 3.05. The Labute approximate surface area is 209 Å². The maximum atomic E-state index is 13.1. The van der Waals surface area contributed by atoms with Crippen LogP contribution in [0.3, 0.4) is 0 Å². The third-order valence-corrected chi connectivity index (χ3v) is 6.63. The van der Waals surface area contributed by atoms with Crippen LogP contribution in [0.25, 0.3) is 0 Å². The lowest BCUT2D eigenvalue weighted by Crippen LogP contribution is -2.48. The summed E-state index contributed by atoms with van der Waals surface area (Å²) in [6.07, 6.45) is 0. The zero-order valence-corrected chi connectivity index (χ0v) is 20.7. The van der Waals surface area contributed by atoms with E-state index in [-0.39, 0.29) is 18.4 Å². The maximum Gasteiger partial charge on any atom is 0.262 e. The van der Waals surface area contributed by atoms with Gasteiger partial charge in [-0.15, -0.1) is 11.3 Å². The van der Waals surface area contributed by atoms with Gasteiger partial charge in [-0.25, -0.2) is 0 Å². The minimum atomic E-state index is -0.336. The summed E-state index contributed by atoms with van der Waals surface area (Å²) >= 11 is 1.75. The Morgan fingerprint density at radius 1 is 0.914 bits per heavy atom. The Morgan fingerprint density at radius 3 is 2.40 bits per heavy atom. The highest BCUT2D eigenvalue weighted by Gasteiger charge is 2.23. The first-order valence-corrected chi connectivity index (χ1v) is 12.2. The number of benzene rings is 2. The number of thiophene rings is 1. The van der Waals surface area contributed by atoms with Crippen molar-refractivity contribution >= 4 is 28.8 Å². The first-order valence-electron chi connectivity index (χ1n) is 11.3. The molecule has 4 rings (SSSR count). The van der Waals surface area contributed by atoms with Gasteiger partial charge in [0.25, 0.3) is 11.8 Å². The molecule has 8 nitrogen and oxygen atoms in total. The van der Waals surface area contributed by atoms with Crippen LogP contribution < -0.4 is 19.5 Å². The van der Waals surface area contributed by atoms with Gasteiger partial charge in [-0.1, -0.05) is 18.2 Å². The quantitative estimate of drug-likeness (QED) is 0.487. The molecule has 0 bridgehead atoms. The molecule has 1 saturated heterocycles. The lowest BCUT2D eigenvalue weighted by atomic mass is 10.1. The van der Waals surface area contributed by atoms with Gasteiger partial charge in [-0.3, -0.25) is 14.5 Å². The Hall–Kier alpha value is -3.56. The molecular formula is C26H29N3O5S. The summed E-state index contributed by atoms with van der Waals surface area (Å²) in [5.74, 6) is 0.975. The molecule has 9 heteroatoms. The summed E-state index contributed by atoms with van der Waals surface area (Å²) in [6, 6.07) is 16.4. The van der Waals surface area contributed by atoms with Crippen LogP contribution in [0.2, 0.25) is 0 Å². The molecule has 1 fully saturated rings. The van der Waals surface area contributed by atoms with Crippen molar-refractivity contribution in [1.29, 1.82) is 0 Å². The number of carbonyl (C=O) groups excluding carboxylic acids is 2. The van der Waals surface area contributed by atoms with Gasteiger partial charge in [-0.05, 0) is 41.8 Å². The summed E-state index contributed by atoms with van der Waals surface area (Å²) in [5, 5.41) is 4.85. The molecule has 0 saturated carbocycles. The minimum Gasteiger partial charge on any atom is -0.495 e. The fraction of sp³-hybridized carbons (Fsp3) is 0.308. The number of hydrogen-bond acceptors (Lipinski definition) is 7. The smallest absolute Gasteiger partial charge is 0.262 e. The van der Waals surface area contributed by atoms with Crippen molar-refractivity contribution in [2.24, 2.45) is 0 Å². The van der Waals surface area contributed by atoms with Crippen LogP contribution in [0.4, 0.5) is 5.69 Å². The Morgan fingerprint density at radius 2 is 1.69 bits per heavy atom. The highest BCUT2D eigenvalue weighted by molar-refractivity contribution is 7.09. The molecular weight excluding hydrogens is 466 g/mol. The second-order valence-electron chi connectivity index (χ2n) is 8.05. The first-order chi connectivity index (χ1) is 17.1. The Bertz CT molecular complexity index is 1140. The second-order valence-corrected chi connectivity index (χ2v) is 9.08. The van der Waals surface area contributed by atoms with E-state index in [1.54, 1.807) is 54.8 Å². The number of methoxy groups -OCH3 is 2. The average Bonchev–Trinajstić information content (AvgIpc) is 3.41. The van der Waals surface area contributed by atoms with Gasteiger partial charge >= 0.3 is 0 Å². The largest absolute Gasteiger partial charge is 0.495 e. The van der Waals surface area contributed by atoms with E-state index in [1.807, 2.05) is 11.0 Å². The van der Waals surface area contributed by atoms with E-state index in [0.29, 0.717) is 41.6 Å². The van der Waals surface area contributed by atoms with Gasteiger partial charge in [0.15, 0.2) is 18.1 Å². The first kappa shape index (κ1) is 24.6. The van der Waals surface area contributed by atoms with Crippen LogP contribution >= 0.6 is 11.3 Å². The number of amides is 2. The molecule has 2 heterocycles. The van der Waals surface area contributed by atoms with Crippen molar-refractivity contribution < 1.29 is 23.8 Å². The molecule has 1 aliphatic rings. The van der Waals surface area contributed by atoms with Gasteiger partial charge in [0.1, 0.15) is 5.75 Å². The zero-order valence-electron chi connectivity index (χ0n) is 19.9. The van der Waals surface area contributed by atoms with Crippen LogP contribution in [0.5, 0.6) is 17.2 Å². The molecule has 0 unspecified atom stereocenters. The van der Waals surface area contributed by atoms with Crippen molar-refractivity contribution in [3.63, 3.8) is 0 Å². The fourth-order valence-corrected chi connectivity index (χ4v) is 4.66. The number of carbonyl (C=O) groups is 2. The van der Waals surface area contributed by atoms with Crippen LogP contribution in [0.15, 0.2) is 60.0 Å². The van der Waals surface area contributed by atoms with Gasteiger partial charge in [0.05, 0.1) is 19.9 Å². The van der Waals surface area contributed by atoms with Crippen molar-refractivity contribution in [2.75, 3.05) is 52.3 Å². The SMILES string of the molecule is COc1ccccc1NC(=O)COc1ccc(C(=O)N2CCN(Cc3cccs3)CC2)cc1OC. The second kappa shape index (κ2) is 11.7. The number of ether oxygens (including phenoxy) is 3. The van der Waals surface area contributed by atoms with Crippen LogP contribution in [0, 0.1) is 0 Å². The van der Waals surface area contributed by atoms with Crippen molar-refractivity contribution in [3.05, 3.63) is 70.4 Å². The highest BCUT2D eigenvalue weighted by atomic mass is 32.1. The Kier molecular flexibility index (Phi) is 8.23. The van der Waals surface area contributed by atoms with Gasteiger partial charge in [0.2, 0.25) is 0 Å². The summed E-state index contributed by atoms with van der Waals surface area (Å²) in [5.41, 5.74) is 1.09. The monoisotopic (exact) mass is 495 g/mol. The number of hydrogen-bond donors (Lipinski definition) is 1. The Balaban J connectivity index is 1.32. The molecule has 0 aliphatic carbocycles. The predicted octanol–water partition coefficient (Wildman–Crippen LogP) is 3.74. The van der Waals surface area contributed by atoms with Crippen molar-refractivity contribution in [2.45, 2.75) is 6.54 Å². The average molecular weight is 496 g/mol. The summed E-state index contributed by atoms with van der Waals surface area (Å²) in [4.78, 5) is 31.0.